The van der Waals surface area contributed by atoms with Crippen molar-refractivity contribution in [3.8, 4) is 0 Å². The quantitative estimate of drug-likeness (QED) is 0.472. The smallest absolute Gasteiger partial charge is 0.275 e. The lowest BCUT2D eigenvalue weighted by atomic mass is 10.2. The molecule has 0 saturated heterocycles. The molecule has 0 aliphatic rings. The number of carbonyl (C=O) groups is 1. The number of amides is 1. The molecule has 2 aromatic heterocycles. The lowest BCUT2D eigenvalue weighted by Crippen LogP contribution is -2.30. The Kier molecular flexibility index (Phi) is 3.02. The van der Waals surface area contributed by atoms with Gasteiger partial charge in [0, 0.05) is 11.9 Å². The third-order valence-electron chi connectivity index (χ3n) is 2.33. The summed E-state index contributed by atoms with van der Waals surface area (Å²) in [6, 6.07) is 3.84. The summed E-state index contributed by atoms with van der Waals surface area (Å²) < 4.78 is 1.84. The molecule has 2 rings (SSSR count). The van der Waals surface area contributed by atoms with Crippen LogP contribution in [0.15, 0.2) is 23.7 Å². The number of aryl methyl sites for hydroxylation is 1. The minimum Gasteiger partial charge on any atom is -0.289 e. The molecule has 6 heteroatoms. The minimum atomic E-state index is -0.255. The number of nitrogens with one attached hydrogen (secondary N) is 1. The molecule has 0 aromatic carbocycles. The first-order valence-corrected chi connectivity index (χ1v) is 5.66. The predicted octanol–water partition coefficient (Wildman–Crippen LogP) is 0.905. The fourth-order valence-electron chi connectivity index (χ4n) is 1.45. The number of hydrogen-bond donors (Lipinski definition) is 2. The van der Waals surface area contributed by atoms with Crippen molar-refractivity contribution in [1.82, 2.24) is 15.2 Å². The van der Waals surface area contributed by atoms with E-state index in [1.54, 1.807) is 6.20 Å². The number of rotatable bonds is 3. The second kappa shape index (κ2) is 4.46. The largest absolute Gasteiger partial charge is 0.289 e. The summed E-state index contributed by atoms with van der Waals surface area (Å²) in [6.45, 7) is 2.56. The molecule has 0 saturated carbocycles. The second-order valence-electron chi connectivity index (χ2n) is 3.38. The molecule has 5 nitrogen and oxygen atoms in total. The summed E-state index contributed by atoms with van der Waals surface area (Å²) >= 11 is 1.38. The molecule has 1 amide bonds. The van der Waals surface area contributed by atoms with Gasteiger partial charge in [0.25, 0.3) is 5.91 Å². The van der Waals surface area contributed by atoms with Crippen LogP contribution < -0.4 is 11.3 Å². The molecule has 2 heterocycles. The van der Waals surface area contributed by atoms with Gasteiger partial charge < -0.3 is 0 Å². The van der Waals surface area contributed by atoms with E-state index in [1.165, 1.54) is 11.3 Å². The van der Waals surface area contributed by atoms with E-state index >= 15 is 0 Å². The Morgan fingerprint density at radius 2 is 2.44 bits per heavy atom. The van der Waals surface area contributed by atoms with Crippen molar-refractivity contribution in [2.45, 2.75) is 13.5 Å². The third kappa shape index (κ3) is 1.98. The summed E-state index contributed by atoms with van der Waals surface area (Å²) in [5, 5.41) is 6.05. The number of aromatic nitrogens is 2. The van der Waals surface area contributed by atoms with E-state index in [9.17, 15) is 4.79 Å². The third-order valence-corrected chi connectivity index (χ3v) is 3.29. The Bertz CT molecular complexity index is 502. The molecule has 0 unspecified atom stereocenters. The molecule has 0 radical (unpaired) electrons. The number of nitrogen functional groups attached to an aromatic ring is 1. The van der Waals surface area contributed by atoms with Crippen LogP contribution in [0.4, 0.5) is 0 Å². The first kappa shape index (κ1) is 10.8. The highest BCUT2D eigenvalue weighted by atomic mass is 32.1. The average Bonchev–Trinajstić information content (AvgIpc) is 2.88. The highest BCUT2D eigenvalue weighted by Gasteiger charge is 2.12. The Morgan fingerprint density at radius 3 is 3.06 bits per heavy atom. The van der Waals surface area contributed by atoms with Gasteiger partial charge in [0.1, 0.15) is 0 Å². The van der Waals surface area contributed by atoms with E-state index in [2.05, 4.69) is 10.5 Å². The van der Waals surface area contributed by atoms with Gasteiger partial charge in [-0.05, 0) is 30.0 Å². The topological polar surface area (TPSA) is 72.9 Å². The lowest BCUT2D eigenvalue weighted by molar-refractivity contribution is 0.0956. The van der Waals surface area contributed by atoms with Crippen molar-refractivity contribution in [3.63, 3.8) is 0 Å². The van der Waals surface area contributed by atoms with Crippen LogP contribution in [0, 0.1) is 6.92 Å². The van der Waals surface area contributed by atoms with Gasteiger partial charge in [0.15, 0.2) is 0 Å². The highest BCUT2D eigenvalue weighted by Crippen LogP contribution is 2.18. The van der Waals surface area contributed by atoms with Gasteiger partial charge >= 0.3 is 0 Å². The molecule has 84 valence electrons. The standard InChI is InChI=1S/C10H12N4OS/c1-7-2-4-12-14(7)6-8-3-5-16-9(8)10(15)13-11/h2-5H,6,11H2,1H3,(H,13,15). The number of thiophene rings is 1. The van der Waals surface area contributed by atoms with Crippen molar-refractivity contribution in [1.29, 1.82) is 0 Å². The van der Waals surface area contributed by atoms with Crippen molar-refractivity contribution >= 4 is 17.2 Å². The second-order valence-corrected chi connectivity index (χ2v) is 4.29. The first-order valence-electron chi connectivity index (χ1n) is 4.78. The van der Waals surface area contributed by atoms with Crippen LogP contribution in [0.25, 0.3) is 0 Å². The van der Waals surface area contributed by atoms with Crippen LogP contribution in [0.2, 0.25) is 0 Å². The Morgan fingerprint density at radius 1 is 1.62 bits per heavy atom. The summed E-state index contributed by atoms with van der Waals surface area (Å²) in [6.07, 6.45) is 1.74. The fraction of sp³-hybridized carbons (Fsp3) is 0.200. The maximum atomic E-state index is 11.5. The zero-order chi connectivity index (χ0) is 11.5. The Hall–Kier alpha value is -1.66. The lowest BCUT2D eigenvalue weighted by Gasteiger charge is -2.05. The van der Waals surface area contributed by atoms with E-state index in [1.807, 2.05) is 29.1 Å². The molecule has 0 spiro atoms. The van der Waals surface area contributed by atoms with Gasteiger partial charge in [-0.25, -0.2) is 5.84 Å². The minimum absolute atomic E-state index is 0.255. The van der Waals surface area contributed by atoms with E-state index in [0.29, 0.717) is 11.4 Å². The van der Waals surface area contributed by atoms with Gasteiger partial charge in [-0.3, -0.25) is 14.9 Å². The van der Waals surface area contributed by atoms with E-state index in [4.69, 9.17) is 5.84 Å². The van der Waals surface area contributed by atoms with Crippen molar-refractivity contribution in [2.24, 2.45) is 5.84 Å². The van der Waals surface area contributed by atoms with Crippen LogP contribution in [0.1, 0.15) is 20.9 Å². The summed E-state index contributed by atoms with van der Waals surface area (Å²) in [5.41, 5.74) is 4.13. The van der Waals surface area contributed by atoms with Crippen LogP contribution in [-0.2, 0) is 6.54 Å². The maximum Gasteiger partial charge on any atom is 0.275 e. The van der Waals surface area contributed by atoms with E-state index in [-0.39, 0.29) is 5.91 Å². The number of hydrogen-bond acceptors (Lipinski definition) is 4. The molecule has 0 aliphatic carbocycles. The summed E-state index contributed by atoms with van der Waals surface area (Å²) in [7, 11) is 0. The predicted molar refractivity (Wildman–Crippen MR) is 62.0 cm³/mol. The molecule has 0 fully saturated rings. The molecule has 0 atom stereocenters. The molecule has 3 N–H and O–H groups in total. The normalized spacial score (nSPS) is 10.4. The van der Waals surface area contributed by atoms with Gasteiger partial charge in [0.2, 0.25) is 0 Å². The van der Waals surface area contributed by atoms with Crippen molar-refractivity contribution in [2.75, 3.05) is 0 Å². The SMILES string of the molecule is Cc1ccnn1Cc1ccsc1C(=O)NN. The van der Waals surface area contributed by atoms with Gasteiger partial charge in [0.05, 0.1) is 11.4 Å². The maximum absolute atomic E-state index is 11.5. The van der Waals surface area contributed by atoms with Gasteiger partial charge in [-0.2, -0.15) is 5.10 Å². The van der Waals surface area contributed by atoms with Crippen molar-refractivity contribution < 1.29 is 4.79 Å². The molecule has 16 heavy (non-hydrogen) atoms. The number of nitrogens with zero attached hydrogens (tertiary/aromatic N) is 2. The number of nitrogens with two attached hydrogens (primary N) is 1. The van der Waals surface area contributed by atoms with Crippen LogP contribution in [0.3, 0.4) is 0 Å². The van der Waals surface area contributed by atoms with E-state index in [0.717, 1.165) is 11.3 Å². The first-order chi connectivity index (χ1) is 7.72. The van der Waals surface area contributed by atoms with Gasteiger partial charge in [-0.15, -0.1) is 11.3 Å². The number of hydrazine groups is 1. The Labute approximate surface area is 96.9 Å². The van der Waals surface area contributed by atoms with Crippen LogP contribution in [0.5, 0.6) is 0 Å². The fourth-order valence-corrected chi connectivity index (χ4v) is 2.27. The zero-order valence-electron chi connectivity index (χ0n) is 8.80. The van der Waals surface area contributed by atoms with Crippen LogP contribution in [-0.4, -0.2) is 15.7 Å². The molecule has 0 aliphatic heterocycles. The Balaban J connectivity index is 2.26. The monoisotopic (exact) mass is 236 g/mol. The van der Waals surface area contributed by atoms with E-state index < -0.39 is 0 Å². The molecule has 0 bridgehead atoms. The van der Waals surface area contributed by atoms with Crippen LogP contribution >= 0.6 is 11.3 Å². The molecular weight excluding hydrogens is 224 g/mol. The molecular formula is C10H12N4OS. The zero-order valence-corrected chi connectivity index (χ0v) is 9.62. The number of carbonyl (C=O) groups excluding carboxylic acids is 1. The van der Waals surface area contributed by atoms with Crippen molar-refractivity contribution in [3.05, 3.63) is 39.8 Å². The summed E-state index contributed by atoms with van der Waals surface area (Å²) in [4.78, 5) is 12.1. The van der Waals surface area contributed by atoms with Gasteiger partial charge in [-0.1, -0.05) is 0 Å². The highest BCUT2D eigenvalue weighted by molar-refractivity contribution is 7.12. The molecule has 2 aromatic rings. The average molecular weight is 236 g/mol. The summed E-state index contributed by atoms with van der Waals surface area (Å²) in [5.74, 6) is 4.87.